The molecule has 0 spiro atoms. The molecule has 0 aliphatic rings. The van der Waals surface area contributed by atoms with Gasteiger partial charge < -0.3 is 9.67 Å². The van der Waals surface area contributed by atoms with E-state index < -0.39 is 18.5 Å². The van der Waals surface area contributed by atoms with E-state index in [1.54, 1.807) is 22.9 Å². The molecule has 0 bridgehead atoms. The van der Waals surface area contributed by atoms with Crippen LogP contribution >= 0.6 is 0 Å². The first kappa shape index (κ1) is 12.3. The zero-order valence-corrected chi connectivity index (χ0v) is 9.14. The third-order valence-corrected chi connectivity index (χ3v) is 1.93. The van der Waals surface area contributed by atoms with Crippen LogP contribution in [0.4, 0.5) is 0 Å². The van der Waals surface area contributed by atoms with Crippen LogP contribution in [-0.2, 0) is 9.63 Å². The van der Waals surface area contributed by atoms with Gasteiger partial charge in [-0.3, -0.25) is 9.63 Å². The van der Waals surface area contributed by atoms with Gasteiger partial charge in [0.05, 0.1) is 0 Å². The summed E-state index contributed by atoms with van der Waals surface area (Å²) in [5.74, 6) is -1.60. The third kappa shape index (κ3) is 3.09. The molecule has 0 aliphatic carbocycles. The molecule has 0 saturated heterocycles. The molecular weight excluding hydrogens is 212 g/mol. The molecule has 1 amide bonds. The van der Waals surface area contributed by atoms with Crippen molar-refractivity contribution in [1.82, 2.24) is 10.0 Å². The Morgan fingerprint density at radius 1 is 1.56 bits per heavy atom. The normalized spacial score (nSPS) is 10.4. The lowest BCUT2D eigenvalue weighted by Gasteiger charge is -2.12. The quantitative estimate of drug-likeness (QED) is 0.728. The van der Waals surface area contributed by atoms with Gasteiger partial charge in [0.15, 0.2) is 6.61 Å². The second-order valence-corrected chi connectivity index (χ2v) is 3.51. The van der Waals surface area contributed by atoms with E-state index in [-0.39, 0.29) is 6.04 Å². The van der Waals surface area contributed by atoms with Crippen molar-refractivity contribution < 1.29 is 19.5 Å². The highest BCUT2D eigenvalue weighted by atomic mass is 16.7. The van der Waals surface area contributed by atoms with Crippen molar-refractivity contribution in [3.63, 3.8) is 0 Å². The number of hydrogen-bond donors (Lipinski definition) is 2. The Kier molecular flexibility index (Phi) is 4.07. The zero-order valence-electron chi connectivity index (χ0n) is 9.14. The molecule has 1 aromatic heterocycles. The topological polar surface area (TPSA) is 80.6 Å². The number of nitrogens with one attached hydrogen (secondary N) is 1. The molecule has 0 unspecified atom stereocenters. The number of carbonyl (C=O) groups is 2. The predicted octanol–water partition coefficient (Wildman–Crippen LogP) is 0.815. The number of carboxylic acids is 1. The number of hydrogen-bond acceptors (Lipinski definition) is 3. The lowest BCUT2D eigenvalue weighted by atomic mass is 10.3. The molecule has 0 radical (unpaired) electrons. The predicted molar refractivity (Wildman–Crippen MR) is 55.9 cm³/mol. The van der Waals surface area contributed by atoms with Crippen molar-refractivity contribution in [3.05, 3.63) is 24.0 Å². The van der Waals surface area contributed by atoms with Gasteiger partial charge in [0.1, 0.15) is 5.69 Å². The first-order valence-corrected chi connectivity index (χ1v) is 4.83. The van der Waals surface area contributed by atoms with E-state index in [0.717, 1.165) is 0 Å². The third-order valence-electron chi connectivity index (χ3n) is 1.93. The molecule has 0 aliphatic heterocycles. The van der Waals surface area contributed by atoms with Gasteiger partial charge >= 0.3 is 5.97 Å². The van der Waals surface area contributed by atoms with E-state index in [9.17, 15) is 9.59 Å². The van der Waals surface area contributed by atoms with Gasteiger partial charge in [-0.05, 0) is 26.0 Å². The Bertz CT molecular complexity index is 384. The summed E-state index contributed by atoms with van der Waals surface area (Å²) >= 11 is 0. The minimum absolute atomic E-state index is 0.148. The Labute approximate surface area is 92.8 Å². The molecular formula is C10H14N2O4. The summed E-state index contributed by atoms with van der Waals surface area (Å²) in [6.07, 6.45) is 1.77. The molecule has 6 nitrogen and oxygen atoms in total. The average Bonchev–Trinajstić information content (AvgIpc) is 2.65. The van der Waals surface area contributed by atoms with Gasteiger partial charge in [-0.25, -0.2) is 10.3 Å². The molecule has 0 aromatic carbocycles. The van der Waals surface area contributed by atoms with Gasteiger partial charge in [-0.15, -0.1) is 0 Å². The van der Waals surface area contributed by atoms with Crippen LogP contribution in [-0.4, -0.2) is 28.2 Å². The van der Waals surface area contributed by atoms with Crippen LogP contribution < -0.4 is 5.48 Å². The smallest absolute Gasteiger partial charge is 0.332 e. The lowest BCUT2D eigenvalue weighted by molar-refractivity contribution is -0.144. The Balaban J connectivity index is 2.59. The van der Waals surface area contributed by atoms with Crippen LogP contribution in [0, 0.1) is 0 Å². The summed E-state index contributed by atoms with van der Waals surface area (Å²) in [5.41, 5.74) is 2.50. The SMILES string of the molecule is CC(C)n1cccc1C(=O)NOCC(=O)O. The van der Waals surface area contributed by atoms with Crippen molar-refractivity contribution in [2.24, 2.45) is 0 Å². The van der Waals surface area contributed by atoms with Crippen molar-refractivity contribution in [3.8, 4) is 0 Å². The summed E-state index contributed by atoms with van der Waals surface area (Å²) in [6, 6.07) is 3.53. The summed E-state index contributed by atoms with van der Waals surface area (Å²) in [5, 5.41) is 8.32. The van der Waals surface area contributed by atoms with Gasteiger partial charge in [-0.1, -0.05) is 0 Å². The zero-order chi connectivity index (χ0) is 12.1. The number of aliphatic carboxylic acids is 1. The van der Waals surface area contributed by atoms with Gasteiger partial charge in [-0.2, -0.15) is 0 Å². The van der Waals surface area contributed by atoms with E-state index in [0.29, 0.717) is 5.69 Å². The highest BCUT2D eigenvalue weighted by molar-refractivity contribution is 5.92. The Morgan fingerprint density at radius 3 is 2.81 bits per heavy atom. The van der Waals surface area contributed by atoms with E-state index in [1.165, 1.54) is 0 Å². The second kappa shape index (κ2) is 5.32. The second-order valence-electron chi connectivity index (χ2n) is 3.51. The standard InChI is InChI=1S/C10H14N2O4/c1-7(2)12-5-3-4-8(12)10(15)11-16-6-9(13)14/h3-5,7H,6H2,1-2H3,(H,11,15)(H,13,14). The minimum atomic E-state index is -1.14. The van der Waals surface area contributed by atoms with Crippen molar-refractivity contribution in [1.29, 1.82) is 0 Å². The molecule has 1 heterocycles. The van der Waals surface area contributed by atoms with Gasteiger partial charge in [0, 0.05) is 12.2 Å². The maximum absolute atomic E-state index is 11.6. The Hall–Kier alpha value is -1.82. The molecule has 88 valence electrons. The fourth-order valence-electron chi connectivity index (χ4n) is 1.25. The maximum atomic E-state index is 11.6. The van der Waals surface area contributed by atoms with Crippen LogP contribution in [0.5, 0.6) is 0 Å². The van der Waals surface area contributed by atoms with Gasteiger partial charge in [0.2, 0.25) is 0 Å². The molecule has 1 aromatic rings. The van der Waals surface area contributed by atoms with Crippen LogP contribution in [0.25, 0.3) is 0 Å². The number of rotatable bonds is 5. The van der Waals surface area contributed by atoms with Gasteiger partial charge in [0.25, 0.3) is 5.91 Å². The first-order valence-electron chi connectivity index (χ1n) is 4.83. The fourth-order valence-corrected chi connectivity index (χ4v) is 1.25. The summed E-state index contributed by atoms with van der Waals surface area (Å²) < 4.78 is 1.76. The molecule has 6 heteroatoms. The number of amides is 1. The largest absolute Gasteiger partial charge is 0.479 e. The summed E-state index contributed by atoms with van der Waals surface area (Å²) in [4.78, 5) is 26.2. The van der Waals surface area contributed by atoms with Crippen molar-refractivity contribution >= 4 is 11.9 Å². The number of aromatic nitrogens is 1. The van der Waals surface area contributed by atoms with E-state index in [2.05, 4.69) is 10.3 Å². The minimum Gasteiger partial charge on any atom is -0.479 e. The van der Waals surface area contributed by atoms with Crippen molar-refractivity contribution in [2.45, 2.75) is 19.9 Å². The number of carbonyl (C=O) groups excluding carboxylic acids is 1. The fraction of sp³-hybridized carbons (Fsp3) is 0.400. The Morgan fingerprint density at radius 2 is 2.25 bits per heavy atom. The number of nitrogens with zero attached hydrogens (tertiary/aromatic N) is 1. The molecule has 0 saturated carbocycles. The molecule has 0 atom stereocenters. The van der Waals surface area contributed by atoms with Crippen LogP contribution in [0.1, 0.15) is 30.4 Å². The number of carboxylic acid groups (broad SMARTS) is 1. The number of hydroxylamine groups is 1. The summed E-state index contributed by atoms with van der Waals surface area (Å²) in [7, 11) is 0. The monoisotopic (exact) mass is 226 g/mol. The molecule has 2 N–H and O–H groups in total. The lowest BCUT2D eigenvalue weighted by Crippen LogP contribution is -2.28. The first-order chi connectivity index (χ1) is 7.52. The molecule has 1 rings (SSSR count). The van der Waals surface area contributed by atoms with Crippen molar-refractivity contribution in [2.75, 3.05) is 6.61 Å². The highest BCUT2D eigenvalue weighted by Crippen LogP contribution is 2.10. The molecule has 0 fully saturated rings. The maximum Gasteiger partial charge on any atom is 0.332 e. The summed E-state index contributed by atoms with van der Waals surface area (Å²) in [6.45, 7) is 3.32. The molecule has 16 heavy (non-hydrogen) atoms. The average molecular weight is 226 g/mol. The highest BCUT2D eigenvalue weighted by Gasteiger charge is 2.12. The van der Waals surface area contributed by atoms with Crippen LogP contribution in [0.2, 0.25) is 0 Å². The van der Waals surface area contributed by atoms with Crippen LogP contribution in [0.3, 0.4) is 0 Å². The van der Waals surface area contributed by atoms with Crippen LogP contribution in [0.15, 0.2) is 18.3 Å². The van der Waals surface area contributed by atoms with E-state index >= 15 is 0 Å². The van der Waals surface area contributed by atoms with E-state index in [4.69, 9.17) is 5.11 Å². The van der Waals surface area contributed by atoms with E-state index in [1.807, 2.05) is 13.8 Å².